The van der Waals surface area contributed by atoms with Gasteiger partial charge in [-0.05, 0) is 26.0 Å². The van der Waals surface area contributed by atoms with E-state index in [4.69, 9.17) is 10.00 Å². The lowest BCUT2D eigenvalue weighted by atomic mass is 10.1. The highest BCUT2D eigenvalue weighted by atomic mass is 35.5. The molecule has 0 aliphatic carbocycles. The third kappa shape index (κ3) is 2.66. The molecule has 3 nitrogen and oxygen atoms in total. The van der Waals surface area contributed by atoms with Gasteiger partial charge in [0.1, 0.15) is 11.4 Å². The fourth-order valence-corrected chi connectivity index (χ4v) is 1.70. The maximum Gasteiger partial charge on any atom is 0.125 e. The van der Waals surface area contributed by atoms with E-state index < -0.39 is 0 Å². The average Bonchev–Trinajstić information content (AvgIpc) is 2.33. The maximum atomic E-state index is 8.82. The van der Waals surface area contributed by atoms with Crippen LogP contribution in [0.3, 0.4) is 0 Å². The van der Waals surface area contributed by atoms with Crippen LogP contribution in [0.5, 0.6) is 5.75 Å². The molecule has 1 aromatic rings. The molecule has 0 spiro atoms. The van der Waals surface area contributed by atoms with Crippen LogP contribution in [0.15, 0.2) is 18.2 Å². The van der Waals surface area contributed by atoms with E-state index in [9.17, 15) is 0 Å². The summed E-state index contributed by atoms with van der Waals surface area (Å²) in [5, 5.41) is 12.1. The number of rotatable bonds is 0. The van der Waals surface area contributed by atoms with Gasteiger partial charge in [0.15, 0.2) is 0 Å². The molecule has 1 aromatic carbocycles. The van der Waals surface area contributed by atoms with Crippen LogP contribution < -0.4 is 10.1 Å². The second-order valence-electron chi connectivity index (χ2n) is 4.40. The molecule has 0 aromatic heterocycles. The highest BCUT2D eigenvalue weighted by Crippen LogP contribution is 2.26. The van der Waals surface area contributed by atoms with Gasteiger partial charge in [0, 0.05) is 18.7 Å². The van der Waals surface area contributed by atoms with Crippen LogP contribution in [0, 0.1) is 11.3 Å². The summed E-state index contributed by atoms with van der Waals surface area (Å²) in [5.74, 6) is 0.823. The van der Waals surface area contributed by atoms with Crippen molar-refractivity contribution in [3.05, 3.63) is 29.3 Å². The number of hydrogen-bond acceptors (Lipinski definition) is 3. The smallest absolute Gasteiger partial charge is 0.125 e. The summed E-state index contributed by atoms with van der Waals surface area (Å²) < 4.78 is 5.87. The lowest BCUT2D eigenvalue weighted by Crippen LogP contribution is -2.37. The lowest BCUT2D eigenvalue weighted by molar-refractivity contribution is 0.115. The average molecular weight is 239 g/mol. The monoisotopic (exact) mass is 238 g/mol. The minimum absolute atomic E-state index is 0. The molecule has 16 heavy (non-hydrogen) atoms. The highest BCUT2D eigenvalue weighted by molar-refractivity contribution is 5.85. The predicted molar refractivity (Wildman–Crippen MR) is 64.8 cm³/mol. The zero-order chi connectivity index (χ0) is 10.9. The van der Waals surface area contributed by atoms with Crippen molar-refractivity contribution in [1.29, 1.82) is 5.26 Å². The number of halogens is 1. The minimum atomic E-state index is -0.223. The second kappa shape index (κ2) is 4.73. The van der Waals surface area contributed by atoms with Crippen molar-refractivity contribution in [1.82, 2.24) is 5.32 Å². The van der Waals surface area contributed by atoms with Crippen molar-refractivity contribution in [2.24, 2.45) is 0 Å². The SMILES string of the molecule is CC1(C)CNCc2ccc(C#N)cc2O1.Cl. The van der Waals surface area contributed by atoms with Crippen LogP contribution in [0.25, 0.3) is 0 Å². The lowest BCUT2D eigenvalue weighted by Gasteiger charge is -2.24. The van der Waals surface area contributed by atoms with Crippen molar-refractivity contribution in [3.63, 3.8) is 0 Å². The normalized spacial score (nSPS) is 17.1. The molecule has 0 unspecified atom stereocenters. The Morgan fingerprint density at radius 2 is 2.19 bits per heavy atom. The summed E-state index contributed by atoms with van der Waals surface area (Å²) in [5.41, 5.74) is 1.53. The number of ether oxygens (including phenoxy) is 1. The Balaban J connectivity index is 0.00000128. The quantitative estimate of drug-likeness (QED) is 0.754. The van der Waals surface area contributed by atoms with Gasteiger partial charge in [-0.2, -0.15) is 5.26 Å². The highest BCUT2D eigenvalue weighted by Gasteiger charge is 2.24. The van der Waals surface area contributed by atoms with Crippen molar-refractivity contribution < 1.29 is 4.74 Å². The Kier molecular flexibility index (Phi) is 3.79. The van der Waals surface area contributed by atoms with E-state index in [0.29, 0.717) is 5.56 Å². The molecular weight excluding hydrogens is 224 g/mol. The molecule has 2 rings (SSSR count). The van der Waals surface area contributed by atoms with Gasteiger partial charge >= 0.3 is 0 Å². The summed E-state index contributed by atoms with van der Waals surface area (Å²) in [4.78, 5) is 0. The van der Waals surface area contributed by atoms with Crippen LogP contribution in [0.1, 0.15) is 25.0 Å². The first kappa shape index (κ1) is 12.8. The van der Waals surface area contributed by atoms with E-state index >= 15 is 0 Å². The predicted octanol–water partition coefficient (Wildman–Crippen LogP) is 2.24. The van der Waals surface area contributed by atoms with Gasteiger partial charge < -0.3 is 10.1 Å². The molecule has 0 bridgehead atoms. The minimum Gasteiger partial charge on any atom is -0.486 e. The Hall–Kier alpha value is -1.24. The summed E-state index contributed by atoms with van der Waals surface area (Å²) in [7, 11) is 0. The van der Waals surface area contributed by atoms with Crippen LogP contribution in [0.4, 0.5) is 0 Å². The molecule has 1 aliphatic rings. The largest absolute Gasteiger partial charge is 0.486 e. The van der Waals surface area contributed by atoms with Crippen molar-refractivity contribution in [3.8, 4) is 11.8 Å². The third-order valence-electron chi connectivity index (χ3n) is 2.45. The number of hydrogen-bond donors (Lipinski definition) is 1. The van der Waals surface area contributed by atoms with E-state index in [2.05, 4.69) is 11.4 Å². The van der Waals surface area contributed by atoms with Crippen molar-refractivity contribution in [2.45, 2.75) is 26.0 Å². The number of fused-ring (bicyclic) bond motifs is 1. The molecule has 0 saturated heterocycles. The number of nitrogens with zero attached hydrogens (tertiary/aromatic N) is 1. The molecule has 0 amide bonds. The van der Waals surface area contributed by atoms with Gasteiger partial charge in [0.2, 0.25) is 0 Å². The van der Waals surface area contributed by atoms with Gasteiger partial charge in [0.25, 0.3) is 0 Å². The Bertz CT molecular complexity index is 424. The molecule has 0 atom stereocenters. The standard InChI is InChI=1S/C12H14N2O.ClH/c1-12(2)8-14-7-10-4-3-9(6-13)5-11(10)15-12;/h3-5,14H,7-8H2,1-2H3;1H. The first-order chi connectivity index (χ1) is 7.11. The van der Waals surface area contributed by atoms with Crippen LogP contribution >= 0.6 is 12.4 Å². The van der Waals surface area contributed by atoms with E-state index in [1.165, 1.54) is 0 Å². The van der Waals surface area contributed by atoms with Crippen LogP contribution in [-0.2, 0) is 6.54 Å². The fraction of sp³-hybridized carbons (Fsp3) is 0.417. The summed E-state index contributed by atoms with van der Waals surface area (Å²) in [6.07, 6.45) is 0. The molecular formula is C12H15ClN2O. The molecule has 0 radical (unpaired) electrons. The van der Waals surface area contributed by atoms with Gasteiger partial charge in [-0.1, -0.05) is 6.07 Å². The second-order valence-corrected chi connectivity index (χ2v) is 4.40. The summed E-state index contributed by atoms with van der Waals surface area (Å²) in [6, 6.07) is 7.70. The fourth-order valence-electron chi connectivity index (χ4n) is 1.70. The number of nitriles is 1. The molecule has 86 valence electrons. The Morgan fingerprint density at radius 3 is 2.88 bits per heavy atom. The maximum absolute atomic E-state index is 8.82. The number of benzene rings is 1. The molecule has 1 N–H and O–H groups in total. The van der Waals surface area contributed by atoms with Crippen LogP contribution in [0.2, 0.25) is 0 Å². The first-order valence-electron chi connectivity index (χ1n) is 5.03. The summed E-state index contributed by atoms with van der Waals surface area (Å²) in [6.45, 7) is 5.68. The Labute approximate surface area is 102 Å². The van der Waals surface area contributed by atoms with Gasteiger partial charge in [-0.25, -0.2) is 0 Å². The first-order valence-corrected chi connectivity index (χ1v) is 5.03. The molecule has 1 aliphatic heterocycles. The van der Waals surface area contributed by atoms with Gasteiger partial charge in [0.05, 0.1) is 11.6 Å². The van der Waals surface area contributed by atoms with Gasteiger partial charge in [-0.15, -0.1) is 12.4 Å². The van der Waals surface area contributed by atoms with Crippen molar-refractivity contribution in [2.75, 3.05) is 6.54 Å². The van der Waals surface area contributed by atoms with Crippen molar-refractivity contribution >= 4 is 12.4 Å². The number of nitrogens with one attached hydrogen (secondary N) is 1. The molecule has 4 heteroatoms. The molecule has 1 heterocycles. The van der Waals surface area contributed by atoms with E-state index in [0.717, 1.165) is 24.4 Å². The van der Waals surface area contributed by atoms with Crippen LogP contribution in [-0.4, -0.2) is 12.1 Å². The molecule has 0 saturated carbocycles. The van der Waals surface area contributed by atoms with E-state index in [-0.39, 0.29) is 18.0 Å². The topological polar surface area (TPSA) is 45.0 Å². The summed E-state index contributed by atoms with van der Waals surface area (Å²) >= 11 is 0. The molecule has 0 fully saturated rings. The van der Waals surface area contributed by atoms with E-state index in [1.54, 1.807) is 0 Å². The Morgan fingerprint density at radius 1 is 1.44 bits per heavy atom. The third-order valence-corrected chi connectivity index (χ3v) is 2.45. The van der Waals surface area contributed by atoms with Gasteiger partial charge in [-0.3, -0.25) is 0 Å². The van der Waals surface area contributed by atoms with E-state index in [1.807, 2.05) is 32.0 Å². The zero-order valence-electron chi connectivity index (χ0n) is 9.41. The zero-order valence-corrected chi connectivity index (χ0v) is 10.2.